The first-order valence-electron chi connectivity index (χ1n) is 7.78. The van der Waals surface area contributed by atoms with E-state index in [4.69, 9.17) is 20.8 Å². The maximum absolute atomic E-state index is 12.1. The fourth-order valence-corrected chi connectivity index (χ4v) is 2.81. The molecule has 4 aromatic rings. The maximum atomic E-state index is 12.1. The number of amides is 1. The minimum Gasteiger partial charge on any atom is -0.484 e. The van der Waals surface area contributed by atoms with Gasteiger partial charge >= 0.3 is 0 Å². The Kier molecular flexibility index (Phi) is 4.04. The van der Waals surface area contributed by atoms with Crippen LogP contribution in [0.1, 0.15) is 0 Å². The minimum absolute atomic E-state index is 0.0776. The predicted molar refractivity (Wildman–Crippen MR) is 99.3 cm³/mol. The number of carbonyl (C=O) groups is 1. The minimum atomic E-state index is -0.234. The van der Waals surface area contributed by atoms with E-state index in [1.165, 1.54) is 0 Å². The Hall–Kier alpha value is -2.98. The van der Waals surface area contributed by atoms with Crippen LogP contribution in [0.5, 0.6) is 5.75 Å². The van der Waals surface area contributed by atoms with Gasteiger partial charge in [-0.2, -0.15) is 0 Å². The monoisotopic (exact) mass is 351 g/mol. The van der Waals surface area contributed by atoms with Crippen molar-refractivity contribution >= 4 is 45.1 Å². The third kappa shape index (κ3) is 3.30. The molecule has 1 amide bonds. The molecule has 0 radical (unpaired) electrons. The van der Waals surface area contributed by atoms with Crippen LogP contribution in [-0.2, 0) is 4.79 Å². The molecule has 1 heterocycles. The number of para-hydroxylation sites is 1. The summed E-state index contributed by atoms with van der Waals surface area (Å²) < 4.78 is 11.2. The normalized spacial score (nSPS) is 10.9. The molecule has 4 rings (SSSR count). The van der Waals surface area contributed by atoms with Crippen LogP contribution in [0.3, 0.4) is 0 Å². The standard InChI is InChI=1S/C20H14ClNO3/c21-13-5-8-15(9-6-13)24-12-20(23)22-14-7-10-19-17(11-14)16-3-1-2-4-18(16)25-19/h1-11H,12H2,(H,22,23). The summed E-state index contributed by atoms with van der Waals surface area (Å²) in [5, 5.41) is 5.45. The fourth-order valence-electron chi connectivity index (χ4n) is 2.68. The van der Waals surface area contributed by atoms with E-state index in [0.29, 0.717) is 16.5 Å². The lowest BCUT2D eigenvalue weighted by Crippen LogP contribution is -2.20. The van der Waals surface area contributed by atoms with Crippen LogP contribution < -0.4 is 10.1 Å². The third-order valence-electron chi connectivity index (χ3n) is 3.84. The van der Waals surface area contributed by atoms with Crippen molar-refractivity contribution < 1.29 is 13.9 Å². The number of hydrogen-bond acceptors (Lipinski definition) is 3. The van der Waals surface area contributed by atoms with Crippen molar-refractivity contribution in [2.45, 2.75) is 0 Å². The number of ether oxygens (including phenoxy) is 1. The second kappa shape index (κ2) is 6.49. The molecular formula is C20H14ClNO3. The van der Waals surface area contributed by atoms with E-state index in [-0.39, 0.29) is 12.5 Å². The zero-order valence-corrected chi connectivity index (χ0v) is 13.9. The summed E-state index contributed by atoms with van der Waals surface area (Å²) in [6, 6.07) is 20.3. The van der Waals surface area contributed by atoms with E-state index in [0.717, 1.165) is 21.9 Å². The molecule has 0 aliphatic rings. The Labute approximate surface area is 149 Å². The van der Waals surface area contributed by atoms with Crippen LogP contribution in [0.4, 0.5) is 5.69 Å². The summed E-state index contributed by atoms with van der Waals surface area (Å²) in [7, 11) is 0. The van der Waals surface area contributed by atoms with Gasteiger partial charge in [-0.25, -0.2) is 0 Å². The van der Waals surface area contributed by atoms with Crippen molar-refractivity contribution in [2.24, 2.45) is 0 Å². The number of fused-ring (bicyclic) bond motifs is 3. The number of carbonyl (C=O) groups excluding carboxylic acids is 1. The highest BCUT2D eigenvalue weighted by molar-refractivity contribution is 6.30. The number of nitrogens with one attached hydrogen (secondary N) is 1. The summed E-state index contributed by atoms with van der Waals surface area (Å²) >= 11 is 5.82. The Morgan fingerprint density at radius 2 is 1.72 bits per heavy atom. The number of halogens is 1. The first-order chi connectivity index (χ1) is 12.2. The van der Waals surface area contributed by atoms with Crippen LogP contribution in [0.15, 0.2) is 71.1 Å². The zero-order valence-electron chi connectivity index (χ0n) is 13.2. The molecule has 5 heteroatoms. The molecule has 0 unspecified atom stereocenters. The molecule has 0 aliphatic carbocycles. The topological polar surface area (TPSA) is 51.5 Å². The predicted octanol–water partition coefficient (Wildman–Crippen LogP) is 5.26. The number of rotatable bonds is 4. The molecule has 0 aliphatic heterocycles. The number of benzene rings is 3. The van der Waals surface area contributed by atoms with Crippen molar-refractivity contribution in [1.82, 2.24) is 0 Å². The molecule has 1 N–H and O–H groups in total. The van der Waals surface area contributed by atoms with Crippen molar-refractivity contribution in [1.29, 1.82) is 0 Å². The van der Waals surface area contributed by atoms with Crippen LogP contribution in [0.25, 0.3) is 21.9 Å². The Bertz CT molecular complexity index is 1050. The first-order valence-corrected chi connectivity index (χ1v) is 8.16. The Morgan fingerprint density at radius 1 is 0.960 bits per heavy atom. The Morgan fingerprint density at radius 3 is 2.56 bits per heavy atom. The average molecular weight is 352 g/mol. The van der Waals surface area contributed by atoms with Gasteiger partial charge in [-0.15, -0.1) is 0 Å². The lowest BCUT2D eigenvalue weighted by atomic mass is 10.1. The maximum Gasteiger partial charge on any atom is 0.262 e. The van der Waals surface area contributed by atoms with Gasteiger partial charge in [0.05, 0.1) is 0 Å². The molecule has 0 spiro atoms. The van der Waals surface area contributed by atoms with Gasteiger partial charge < -0.3 is 14.5 Å². The second-order valence-corrected chi connectivity index (χ2v) is 6.04. The van der Waals surface area contributed by atoms with Crippen molar-refractivity contribution in [3.63, 3.8) is 0 Å². The molecule has 0 saturated heterocycles. The van der Waals surface area contributed by atoms with E-state index in [1.807, 2.05) is 42.5 Å². The molecule has 1 aromatic heterocycles. The van der Waals surface area contributed by atoms with E-state index in [9.17, 15) is 4.79 Å². The Balaban J connectivity index is 1.49. The molecule has 25 heavy (non-hydrogen) atoms. The number of furan rings is 1. The van der Waals surface area contributed by atoms with Crippen molar-refractivity contribution in [3.05, 3.63) is 71.8 Å². The highest BCUT2D eigenvalue weighted by atomic mass is 35.5. The van der Waals surface area contributed by atoms with Crippen molar-refractivity contribution in [2.75, 3.05) is 11.9 Å². The molecule has 0 saturated carbocycles. The molecule has 4 nitrogen and oxygen atoms in total. The van der Waals surface area contributed by atoms with Crippen LogP contribution in [0, 0.1) is 0 Å². The second-order valence-electron chi connectivity index (χ2n) is 5.60. The lowest BCUT2D eigenvalue weighted by molar-refractivity contribution is -0.118. The fraction of sp³-hybridized carbons (Fsp3) is 0.0500. The van der Waals surface area contributed by atoms with Crippen molar-refractivity contribution in [3.8, 4) is 5.75 Å². The molecule has 3 aromatic carbocycles. The number of anilines is 1. The van der Waals surface area contributed by atoms with Gasteiger partial charge in [0.25, 0.3) is 5.91 Å². The summed E-state index contributed by atoms with van der Waals surface area (Å²) in [4.78, 5) is 12.1. The highest BCUT2D eigenvalue weighted by Crippen LogP contribution is 2.30. The zero-order chi connectivity index (χ0) is 17.2. The highest BCUT2D eigenvalue weighted by Gasteiger charge is 2.09. The molecule has 0 bridgehead atoms. The smallest absolute Gasteiger partial charge is 0.262 e. The molecule has 0 fully saturated rings. The summed E-state index contributed by atoms with van der Waals surface area (Å²) in [6.45, 7) is -0.0776. The van der Waals surface area contributed by atoms with Crippen LogP contribution >= 0.6 is 11.6 Å². The van der Waals surface area contributed by atoms with E-state index >= 15 is 0 Å². The lowest BCUT2D eigenvalue weighted by Gasteiger charge is -2.07. The van der Waals surface area contributed by atoms with Gasteiger partial charge in [-0.3, -0.25) is 4.79 Å². The van der Waals surface area contributed by atoms with Gasteiger partial charge in [0.2, 0.25) is 0 Å². The van der Waals surface area contributed by atoms with E-state index in [2.05, 4.69) is 5.32 Å². The molecule has 0 atom stereocenters. The van der Waals surface area contributed by atoms with Crippen LogP contribution in [0.2, 0.25) is 5.02 Å². The van der Waals surface area contributed by atoms with Crippen LogP contribution in [-0.4, -0.2) is 12.5 Å². The van der Waals surface area contributed by atoms with Gasteiger partial charge in [0.15, 0.2) is 6.61 Å². The summed E-state index contributed by atoms with van der Waals surface area (Å²) in [5.41, 5.74) is 2.31. The average Bonchev–Trinajstić information content (AvgIpc) is 2.99. The quantitative estimate of drug-likeness (QED) is 0.545. The van der Waals surface area contributed by atoms with Gasteiger partial charge in [0, 0.05) is 21.5 Å². The molecular weight excluding hydrogens is 338 g/mol. The summed E-state index contributed by atoms with van der Waals surface area (Å²) in [5.74, 6) is 0.359. The first kappa shape index (κ1) is 15.5. The van der Waals surface area contributed by atoms with E-state index < -0.39 is 0 Å². The van der Waals surface area contributed by atoms with Gasteiger partial charge in [-0.1, -0.05) is 29.8 Å². The largest absolute Gasteiger partial charge is 0.484 e. The van der Waals surface area contributed by atoms with Gasteiger partial charge in [0.1, 0.15) is 16.9 Å². The number of hydrogen-bond donors (Lipinski definition) is 1. The third-order valence-corrected chi connectivity index (χ3v) is 4.10. The van der Waals surface area contributed by atoms with E-state index in [1.54, 1.807) is 24.3 Å². The molecule has 124 valence electrons. The SMILES string of the molecule is O=C(COc1ccc(Cl)cc1)Nc1ccc2oc3ccccc3c2c1. The van der Waals surface area contributed by atoms with Gasteiger partial charge in [-0.05, 0) is 48.5 Å². The summed E-state index contributed by atoms with van der Waals surface area (Å²) in [6.07, 6.45) is 0.